The Hall–Kier alpha value is -1.18. The summed E-state index contributed by atoms with van der Waals surface area (Å²) < 4.78 is 0. The van der Waals surface area contributed by atoms with Crippen molar-refractivity contribution < 1.29 is 10.2 Å². The molecule has 0 unspecified atom stereocenters. The van der Waals surface area contributed by atoms with Crippen molar-refractivity contribution in [3.05, 3.63) is 23.3 Å². The summed E-state index contributed by atoms with van der Waals surface area (Å²) in [6.45, 7) is 4.72. The Morgan fingerprint density at radius 3 is 2.15 bits per heavy atom. The van der Waals surface area contributed by atoms with E-state index in [2.05, 4.69) is 19.9 Å². The Labute approximate surface area is 166 Å². The van der Waals surface area contributed by atoms with Crippen LogP contribution >= 0.6 is 0 Å². The van der Waals surface area contributed by atoms with Crippen LogP contribution in [-0.2, 0) is 12.8 Å². The van der Waals surface area contributed by atoms with Crippen LogP contribution in [0, 0.1) is 10.8 Å². The molecule has 0 bridgehead atoms. The average Bonchev–Trinajstić information content (AvgIpc) is 3.57. The fourth-order valence-corrected chi connectivity index (χ4v) is 4.55. The fraction of sp³-hybridized carbons (Fsp3) is 0.760. The number of phenolic OH excluding ortho intramolecular Hbond substituents is 2. The summed E-state index contributed by atoms with van der Waals surface area (Å²) in [7, 11) is 0. The Kier molecular flexibility index (Phi) is 6.76. The molecule has 2 fully saturated rings. The largest absolute Gasteiger partial charge is 0.504 e. The molecule has 2 heteroatoms. The molecule has 27 heavy (non-hydrogen) atoms. The van der Waals surface area contributed by atoms with E-state index < -0.39 is 0 Å². The topological polar surface area (TPSA) is 40.5 Å². The zero-order chi connectivity index (χ0) is 19.3. The van der Waals surface area contributed by atoms with Gasteiger partial charge in [-0.05, 0) is 92.2 Å². The van der Waals surface area contributed by atoms with Crippen LogP contribution in [0.4, 0.5) is 0 Å². The van der Waals surface area contributed by atoms with Crippen LogP contribution < -0.4 is 0 Å². The van der Waals surface area contributed by atoms with Crippen molar-refractivity contribution in [1.82, 2.24) is 0 Å². The third-order valence-electron chi connectivity index (χ3n) is 7.44. The van der Waals surface area contributed by atoms with Gasteiger partial charge < -0.3 is 10.2 Å². The number of phenols is 2. The van der Waals surface area contributed by atoms with Crippen LogP contribution in [0.1, 0.15) is 108 Å². The molecule has 2 N–H and O–H groups in total. The first-order valence-electron chi connectivity index (χ1n) is 11.5. The Morgan fingerprint density at radius 2 is 1.48 bits per heavy atom. The molecular weight excluding hydrogens is 332 g/mol. The quantitative estimate of drug-likeness (QED) is 0.282. The molecule has 2 nitrogen and oxygen atoms in total. The van der Waals surface area contributed by atoms with Gasteiger partial charge in [-0.3, -0.25) is 0 Å². The minimum Gasteiger partial charge on any atom is -0.504 e. The van der Waals surface area contributed by atoms with E-state index in [4.69, 9.17) is 0 Å². The number of hydrogen-bond donors (Lipinski definition) is 2. The van der Waals surface area contributed by atoms with Gasteiger partial charge >= 0.3 is 0 Å². The van der Waals surface area contributed by atoms with Gasteiger partial charge in [-0.15, -0.1) is 0 Å². The van der Waals surface area contributed by atoms with E-state index in [1.807, 2.05) is 0 Å². The van der Waals surface area contributed by atoms with Crippen LogP contribution in [0.5, 0.6) is 11.5 Å². The monoisotopic (exact) mass is 372 g/mol. The van der Waals surface area contributed by atoms with E-state index in [0.717, 1.165) is 30.2 Å². The molecule has 0 atom stereocenters. The lowest BCUT2D eigenvalue weighted by Gasteiger charge is -2.12. The summed E-state index contributed by atoms with van der Waals surface area (Å²) in [6.07, 6.45) is 19.1. The van der Waals surface area contributed by atoms with Crippen molar-refractivity contribution in [3.63, 3.8) is 0 Å². The normalized spacial score (nSPS) is 19.2. The number of hydrogen-bond acceptors (Lipinski definition) is 2. The number of aryl methyl sites for hydroxylation is 2. The van der Waals surface area contributed by atoms with Crippen LogP contribution in [0.3, 0.4) is 0 Å². The first kappa shape index (κ1) is 20.6. The van der Waals surface area contributed by atoms with E-state index in [-0.39, 0.29) is 11.5 Å². The predicted molar refractivity (Wildman–Crippen MR) is 113 cm³/mol. The van der Waals surface area contributed by atoms with Crippen molar-refractivity contribution in [3.8, 4) is 11.5 Å². The third-order valence-corrected chi connectivity index (χ3v) is 7.44. The van der Waals surface area contributed by atoms with Crippen LogP contribution in [-0.4, -0.2) is 10.2 Å². The minimum absolute atomic E-state index is 0.0651. The van der Waals surface area contributed by atoms with Crippen LogP contribution in [0.25, 0.3) is 0 Å². The van der Waals surface area contributed by atoms with Gasteiger partial charge in [-0.2, -0.15) is 0 Å². The first-order chi connectivity index (χ1) is 13.0. The first-order valence-corrected chi connectivity index (χ1v) is 11.5. The van der Waals surface area contributed by atoms with E-state index in [0.29, 0.717) is 5.41 Å². The van der Waals surface area contributed by atoms with Gasteiger partial charge in [0, 0.05) is 0 Å². The molecule has 0 spiro atoms. The highest BCUT2D eigenvalue weighted by atomic mass is 16.3. The van der Waals surface area contributed by atoms with Gasteiger partial charge in [0.05, 0.1) is 0 Å². The highest BCUT2D eigenvalue weighted by Crippen LogP contribution is 2.52. The zero-order valence-corrected chi connectivity index (χ0v) is 17.7. The second kappa shape index (κ2) is 8.88. The maximum absolute atomic E-state index is 10.2. The molecule has 3 rings (SSSR count). The van der Waals surface area contributed by atoms with Crippen molar-refractivity contribution in [1.29, 1.82) is 0 Å². The molecule has 0 radical (unpaired) electrons. The predicted octanol–water partition coefficient (Wildman–Crippen LogP) is 7.29. The lowest BCUT2D eigenvalue weighted by Crippen LogP contribution is -1.97. The van der Waals surface area contributed by atoms with Crippen LogP contribution in [0.15, 0.2) is 12.1 Å². The van der Waals surface area contributed by atoms with E-state index in [1.165, 1.54) is 82.6 Å². The van der Waals surface area contributed by atoms with Gasteiger partial charge in [0.2, 0.25) is 0 Å². The number of rotatable bonds is 13. The van der Waals surface area contributed by atoms with Crippen molar-refractivity contribution >= 4 is 0 Å². The lowest BCUT2D eigenvalue weighted by molar-refractivity contribution is 0.397. The summed E-state index contributed by atoms with van der Waals surface area (Å²) in [5, 5.41) is 20.3. The molecule has 2 aliphatic rings. The molecule has 2 aliphatic carbocycles. The third kappa shape index (κ3) is 6.16. The molecule has 0 saturated heterocycles. The summed E-state index contributed by atoms with van der Waals surface area (Å²) in [5.74, 6) is 0.168. The summed E-state index contributed by atoms with van der Waals surface area (Å²) in [6, 6.07) is 3.89. The summed E-state index contributed by atoms with van der Waals surface area (Å²) in [4.78, 5) is 0. The Balaban J connectivity index is 1.37. The molecule has 2 saturated carbocycles. The fourth-order valence-electron chi connectivity index (χ4n) is 4.55. The SMILES string of the molecule is CCC1(CCCCCCc2cc(O)c(O)c(CCCCC3(C)CC3)c2)CC1. The Morgan fingerprint density at radius 1 is 0.815 bits per heavy atom. The second-order valence-electron chi connectivity index (χ2n) is 9.91. The molecule has 1 aromatic carbocycles. The smallest absolute Gasteiger partial charge is 0.160 e. The van der Waals surface area contributed by atoms with Gasteiger partial charge in [0.15, 0.2) is 11.5 Å². The molecule has 0 heterocycles. The van der Waals surface area contributed by atoms with Crippen molar-refractivity contribution in [2.45, 2.75) is 110 Å². The average molecular weight is 373 g/mol. The molecule has 0 amide bonds. The molecule has 1 aromatic rings. The number of benzene rings is 1. The van der Waals surface area contributed by atoms with Crippen LogP contribution in [0.2, 0.25) is 0 Å². The second-order valence-corrected chi connectivity index (χ2v) is 9.91. The van der Waals surface area contributed by atoms with E-state index >= 15 is 0 Å². The van der Waals surface area contributed by atoms with Gasteiger partial charge in [0.1, 0.15) is 0 Å². The van der Waals surface area contributed by atoms with Gasteiger partial charge in [-0.25, -0.2) is 0 Å². The highest BCUT2D eigenvalue weighted by molar-refractivity contribution is 5.47. The lowest BCUT2D eigenvalue weighted by atomic mass is 9.94. The Bertz CT molecular complexity index is 611. The van der Waals surface area contributed by atoms with Gasteiger partial charge in [0.25, 0.3) is 0 Å². The van der Waals surface area contributed by atoms with Crippen molar-refractivity contribution in [2.24, 2.45) is 10.8 Å². The highest BCUT2D eigenvalue weighted by Gasteiger charge is 2.39. The maximum Gasteiger partial charge on any atom is 0.160 e. The summed E-state index contributed by atoms with van der Waals surface area (Å²) in [5.41, 5.74) is 3.46. The summed E-state index contributed by atoms with van der Waals surface area (Å²) >= 11 is 0. The molecular formula is C25H40O2. The zero-order valence-electron chi connectivity index (χ0n) is 17.7. The molecule has 0 aliphatic heterocycles. The molecule has 0 aromatic heterocycles. The minimum atomic E-state index is 0.0651. The van der Waals surface area contributed by atoms with E-state index in [1.54, 1.807) is 6.07 Å². The molecule has 152 valence electrons. The van der Waals surface area contributed by atoms with Gasteiger partial charge in [-0.1, -0.05) is 52.0 Å². The van der Waals surface area contributed by atoms with Crippen molar-refractivity contribution in [2.75, 3.05) is 0 Å². The number of aromatic hydroxyl groups is 2. The number of unbranched alkanes of at least 4 members (excludes halogenated alkanes) is 4. The maximum atomic E-state index is 10.2. The van der Waals surface area contributed by atoms with E-state index in [9.17, 15) is 10.2 Å². The standard InChI is InChI=1S/C25H40O2/c1-3-25(16-17-25)13-8-5-4-6-10-20-18-21(23(27)22(26)19-20)11-7-9-12-24(2)14-15-24/h18-19,26-27H,3-17H2,1-2H3.